The molecule has 1 aliphatic heterocycles. The van der Waals surface area contributed by atoms with Gasteiger partial charge in [-0.15, -0.1) is 11.8 Å². The average molecular weight is 166 g/mol. The first-order chi connectivity index (χ1) is 5.42. The highest BCUT2D eigenvalue weighted by atomic mass is 32.2. The molecule has 1 aromatic rings. The summed E-state index contributed by atoms with van der Waals surface area (Å²) in [5, 5.41) is 0. The van der Waals surface area contributed by atoms with E-state index in [4.69, 9.17) is 4.74 Å². The number of hydrogen-bond donors (Lipinski definition) is 0. The van der Waals surface area contributed by atoms with Crippen molar-refractivity contribution in [3.63, 3.8) is 0 Å². The van der Waals surface area contributed by atoms with Gasteiger partial charge in [0.2, 0.25) is 0 Å². The molecule has 0 saturated carbocycles. The van der Waals surface area contributed by atoms with Crippen molar-refractivity contribution in [1.82, 2.24) is 0 Å². The molecule has 1 atom stereocenters. The molecule has 58 valence electrons. The molecule has 1 saturated heterocycles. The molecule has 1 heterocycles. The van der Waals surface area contributed by atoms with Crippen molar-refractivity contribution < 1.29 is 4.74 Å². The van der Waals surface area contributed by atoms with Gasteiger partial charge in [-0.25, -0.2) is 0 Å². The van der Waals surface area contributed by atoms with Gasteiger partial charge in [-0.1, -0.05) is 18.2 Å². The highest BCUT2D eigenvalue weighted by Crippen LogP contribution is 2.35. The number of benzene rings is 1. The third kappa shape index (κ3) is 1.42. The van der Waals surface area contributed by atoms with E-state index >= 15 is 0 Å². The molecule has 11 heavy (non-hydrogen) atoms. The number of epoxide rings is 1. The minimum atomic E-state index is 0.388. The van der Waals surface area contributed by atoms with Crippen LogP contribution in [0.1, 0.15) is 11.7 Å². The van der Waals surface area contributed by atoms with Crippen LogP contribution in [0.15, 0.2) is 29.2 Å². The zero-order valence-electron chi connectivity index (χ0n) is 6.41. The molecule has 1 fully saturated rings. The maximum atomic E-state index is 5.22. The fraction of sp³-hybridized carbons (Fsp3) is 0.333. The van der Waals surface area contributed by atoms with Crippen molar-refractivity contribution in [3.05, 3.63) is 29.8 Å². The van der Waals surface area contributed by atoms with Gasteiger partial charge in [-0.3, -0.25) is 0 Å². The predicted octanol–water partition coefficient (Wildman–Crippen LogP) is 2.48. The van der Waals surface area contributed by atoms with Crippen molar-refractivity contribution in [3.8, 4) is 0 Å². The van der Waals surface area contributed by atoms with Crippen LogP contribution >= 0.6 is 11.8 Å². The largest absolute Gasteiger partial charge is 0.368 e. The normalized spacial score (nSPS) is 21.7. The van der Waals surface area contributed by atoms with E-state index in [0.29, 0.717) is 6.10 Å². The molecular weight excluding hydrogens is 156 g/mol. The van der Waals surface area contributed by atoms with Crippen molar-refractivity contribution in [2.75, 3.05) is 12.9 Å². The minimum absolute atomic E-state index is 0.388. The summed E-state index contributed by atoms with van der Waals surface area (Å²) >= 11 is 1.78. The van der Waals surface area contributed by atoms with Gasteiger partial charge in [0.15, 0.2) is 0 Å². The van der Waals surface area contributed by atoms with Gasteiger partial charge in [0.1, 0.15) is 6.10 Å². The van der Waals surface area contributed by atoms with Crippen LogP contribution in [0.5, 0.6) is 0 Å². The number of thioether (sulfide) groups is 1. The number of rotatable bonds is 2. The number of hydrogen-bond acceptors (Lipinski definition) is 2. The Kier molecular flexibility index (Phi) is 1.88. The first-order valence-electron chi connectivity index (χ1n) is 3.66. The smallest absolute Gasteiger partial charge is 0.107 e. The van der Waals surface area contributed by atoms with E-state index in [1.165, 1.54) is 10.5 Å². The SMILES string of the molecule is CSc1ccccc1[C@@H]1CO1. The summed E-state index contributed by atoms with van der Waals surface area (Å²) in [6.07, 6.45) is 2.49. The molecule has 0 spiro atoms. The summed E-state index contributed by atoms with van der Waals surface area (Å²) < 4.78 is 5.22. The van der Waals surface area contributed by atoms with Crippen molar-refractivity contribution in [2.24, 2.45) is 0 Å². The second kappa shape index (κ2) is 2.88. The molecule has 1 aromatic carbocycles. The Hall–Kier alpha value is -0.470. The van der Waals surface area contributed by atoms with Gasteiger partial charge in [-0.2, -0.15) is 0 Å². The van der Waals surface area contributed by atoms with Crippen LogP contribution in [0.4, 0.5) is 0 Å². The van der Waals surface area contributed by atoms with Crippen LogP contribution in [-0.4, -0.2) is 12.9 Å². The molecule has 2 heteroatoms. The lowest BCUT2D eigenvalue weighted by Crippen LogP contribution is -1.83. The maximum Gasteiger partial charge on any atom is 0.107 e. The van der Waals surface area contributed by atoms with Gasteiger partial charge in [0, 0.05) is 4.90 Å². The van der Waals surface area contributed by atoms with Crippen LogP contribution < -0.4 is 0 Å². The first kappa shape index (κ1) is 7.19. The third-order valence-electron chi connectivity index (χ3n) is 1.82. The average Bonchev–Trinajstić information content (AvgIpc) is 2.87. The van der Waals surface area contributed by atoms with Crippen LogP contribution in [0, 0.1) is 0 Å². The highest BCUT2D eigenvalue weighted by molar-refractivity contribution is 7.98. The summed E-state index contributed by atoms with van der Waals surface area (Å²) in [5.74, 6) is 0. The van der Waals surface area contributed by atoms with E-state index in [9.17, 15) is 0 Å². The lowest BCUT2D eigenvalue weighted by Gasteiger charge is -2.01. The zero-order chi connectivity index (χ0) is 7.68. The predicted molar refractivity (Wildman–Crippen MR) is 46.9 cm³/mol. The quantitative estimate of drug-likeness (QED) is 0.494. The van der Waals surface area contributed by atoms with Gasteiger partial charge < -0.3 is 4.74 Å². The Balaban J connectivity index is 2.34. The van der Waals surface area contributed by atoms with E-state index in [-0.39, 0.29) is 0 Å². The van der Waals surface area contributed by atoms with Crippen LogP contribution in [0.3, 0.4) is 0 Å². The molecule has 0 unspecified atom stereocenters. The third-order valence-corrected chi connectivity index (χ3v) is 2.63. The zero-order valence-corrected chi connectivity index (χ0v) is 7.23. The fourth-order valence-corrected chi connectivity index (χ4v) is 1.81. The summed E-state index contributed by atoms with van der Waals surface area (Å²) in [6.45, 7) is 0.900. The molecule has 0 bridgehead atoms. The Morgan fingerprint density at radius 2 is 2.18 bits per heavy atom. The topological polar surface area (TPSA) is 12.5 Å². The monoisotopic (exact) mass is 166 g/mol. The standard InChI is InChI=1S/C9H10OS/c1-11-9-5-3-2-4-7(9)8-6-10-8/h2-5,8H,6H2,1H3/t8-/m0/s1. The van der Waals surface area contributed by atoms with E-state index in [0.717, 1.165) is 6.61 Å². The highest BCUT2D eigenvalue weighted by Gasteiger charge is 2.26. The van der Waals surface area contributed by atoms with Gasteiger partial charge in [-0.05, 0) is 17.9 Å². The summed E-state index contributed by atoms with van der Waals surface area (Å²) in [5.41, 5.74) is 1.35. The molecule has 0 aromatic heterocycles. The Labute approximate surface area is 70.8 Å². The molecular formula is C9H10OS. The Morgan fingerprint density at radius 3 is 2.82 bits per heavy atom. The maximum absolute atomic E-state index is 5.22. The Morgan fingerprint density at radius 1 is 1.45 bits per heavy atom. The minimum Gasteiger partial charge on any atom is -0.368 e. The lowest BCUT2D eigenvalue weighted by molar-refractivity contribution is 0.413. The van der Waals surface area contributed by atoms with Crippen molar-refractivity contribution in [1.29, 1.82) is 0 Å². The van der Waals surface area contributed by atoms with Crippen molar-refractivity contribution >= 4 is 11.8 Å². The second-order valence-corrected chi connectivity index (χ2v) is 3.41. The summed E-state index contributed by atoms with van der Waals surface area (Å²) in [4.78, 5) is 1.34. The van der Waals surface area contributed by atoms with Gasteiger partial charge in [0.05, 0.1) is 6.61 Å². The summed E-state index contributed by atoms with van der Waals surface area (Å²) in [6, 6.07) is 8.42. The van der Waals surface area contributed by atoms with Gasteiger partial charge >= 0.3 is 0 Å². The molecule has 2 rings (SSSR count). The first-order valence-corrected chi connectivity index (χ1v) is 4.89. The lowest BCUT2D eigenvalue weighted by atomic mass is 10.2. The molecule has 1 nitrogen and oxygen atoms in total. The van der Waals surface area contributed by atoms with Crippen LogP contribution in [-0.2, 0) is 4.74 Å². The van der Waals surface area contributed by atoms with E-state index < -0.39 is 0 Å². The van der Waals surface area contributed by atoms with Crippen LogP contribution in [0.2, 0.25) is 0 Å². The molecule has 0 N–H and O–H groups in total. The van der Waals surface area contributed by atoms with Crippen LogP contribution in [0.25, 0.3) is 0 Å². The molecule has 0 radical (unpaired) electrons. The summed E-state index contributed by atoms with van der Waals surface area (Å²) in [7, 11) is 0. The van der Waals surface area contributed by atoms with E-state index in [2.05, 4.69) is 30.5 Å². The Bertz CT molecular complexity index is 255. The molecule has 0 amide bonds. The number of ether oxygens (including phenoxy) is 1. The van der Waals surface area contributed by atoms with Crippen molar-refractivity contribution in [2.45, 2.75) is 11.0 Å². The van der Waals surface area contributed by atoms with E-state index in [1.807, 2.05) is 0 Å². The van der Waals surface area contributed by atoms with E-state index in [1.54, 1.807) is 11.8 Å². The van der Waals surface area contributed by atoms with Gasteiger partial charge in [0.25, 0.3) is 0 Å². The molecule has 0 aliphatic carbocycles. The second-order valence-electron chi connectivity index (χ2n) is 2.56. The fourth-order valence-electron chi connectivity index (χ4n) is 1.16. The molecule has 1 aliphatic rings.